The molecule has 2 aromatic carbocycles. The molecule has 2 aromatic heterocycles. The summed E-state index contributed by atoms with van der Waals surface area (Å²) in [4.78, 5) is 0. The van der Waals surface area contributed by atoms with Gasteiger partial charge in [0.15, 0.2) is 10.3 Å². The highest BCUT2D eigenvalue weighted by Crippen LogP contribution is 2.25. The number of thioether (sulfide) groups is 2. The van der Waals surface area contributed by atoms with Gasteiger partial charge in [0.05, 0.1) is 11.4 Å². The van der Waals surface area contributed by atoms with E-state index in [1.165, 1.54) is 11.1 Å². The van der Waals surface area contributed by atoms with Gasteiger partial charge in [-0.25, -0.2) is 0 Å². The smallest absolute Gasteiger partial charge is 0.195 e. The van der Waals surface area contributed by atoms with Crippen LogP contribution in [0.25, 0.3) is 11.4 Å². The van der Waals surface area contributed by atoms with Crippen molar-refractivity contribution in [2.45, 2.75) is 56.3 Å². The Morgan fingerprint density at radius 2 is 1.03 bits per heavy atom. The van der Waals surface area contributed by atoms with Crippen LogP contribution in [0, 0.1) is 13.8 Å². The fourth-order valence-corrected chi connectivity index (χ4v) is 5.06. The highest BCUT2D eigenvalue weighted by atomic mass is 32.2. The van der Waals surface area contributed by atoms with Crippen LogP contribution in [0.5, 0.6) is 0 Å². The number of rotatable bonds is 10. The van der Waals surface area contributed by atoms with Crippen molar-refractivity contribution < 1.29 is 0 Å². The van der Waals surface area contributed by atoms with Gasteiger partial charge in [0.1, 0.15) is 11.6 Å². The summed E-state index contributed by atoms with van der Waals surface area (Å²) >= 11 is 3.27. The SMILES string of the molecule is CSc1nnc(CCCCCc2nnc(SC)n2-c2ccccc2C)n1-c1ccccc1C. The first-order valence-corrected chi connectivity index (χ1v) is 13.7. The van der Waals surface area contributed by atoms with E-state index in [4.69, 9.17) is 0 Å². The molecule has 0 N–H and O–H groups in total. The number of aryl methyl sites for hydroxylation is 4. The van der Waals surface area contributed by atoms with E-state index in [-0.39, 0.29) is 0 Å². The lowest BCUT2D eigenvalue weighted by molar-refractivity contribution is 0.634. The van der Waals surface area contributed by atoms with Crippen molar-refractivity contribution in [3.8, 4) is 11.4 Å². The minimum atomic E-state index is 0.905. The number of para-hydroxylation sites is 2. The largest absolute Gasteiger partial charge is 0.274 e. The summed E-state index contributed by atoms with van der Waals surface area (Å²) < 4.78 is 4.42. The van der Waals surface area contributed by atoms with E-state index in [0.29, 0.717) is 0 Å². The number of nitrogens with zero attached hydrogens (tertiary/aromatic N) is 6. The molecular formula is C25H30N6S2. The van der Waals surface area contributed by atoms with Gasteiger partial charge >= 0.3 is 0 Å². The molecule has 0 aliphatic carbocycles. The Balaban J connectivity index is 1.41. The van der Waals surface area contributed by atoms with Crippen LogP contribution >= 0.6 is 23.5 Å². The fourth-order valence-electron chi connectivity index (χ4n) is 4.04. The van der Waals surface area contributed by atoms with E-state index in [9.17, 15) is 0 Å². The minimum absolute atomic E-state index is 0.905. The first kappa shape index (κ1) is 23.6. The first-order chi connectivity index (χ1) is 16.1. The molecule has 0 fully saturated rings. The van der Waals surface area contributed by atoms with Gasteiger partial charge in [-0.1, -0.05) is 66.3 Å². The lowest BCUT2D eigenvalue weighted by Gasteiger charge is -2.12. The molecule has 8 heteroatoms. The van der Waals surface area contributed by atoms with E-state index in [2.05, 4.69) is 104 Å². The Morgan fingerprint density at radius 3 is 1.42 bits per heavy atom. The lowest BCUT2D eigenvalue weighted by atomic mass is 10.1. The van der Waals surface area contributed by atoms with Crippen LogP contribution in [0.4, 0.5) is 0 Å². The van der Waals surface area contributed by atoms with E-state index >= 15 is 0 Å². The van der Waals surface area contributed by atoms with Gasteiger partial charge in [-0.15, -0.1) is 20.4 Å². The van der Waals surface area contributed by atoms with E-state index < -0.39 is 0 Å². The third-order valence-corrected chi connectivity index (χ3v) is 7.04. The second kappa shape index (κ2) is 11.0. The molecule has 33 heavy (non-hydrogen) atoms. The number of aromatic nitrogens is 6. The highest BCUT2D eigenvalue weighted by molar-refractivity contribution is 7.98. The summed E-state index contributed by atoms with van der Waals surface area (Å²) in [5.41, 5.74) is 4.79. The molecule has 0 saturated carbocycles. The average Bonchev–Trinajstić information content (AvgIpc) is 3.43. The van der Waals surface area contributed by atoms with Crippen LogP contribution in [0.1, 0.15) is 42.0 Å². The van der Waals surface area contributed by atoms with Crippen molar-refractivity contribution >= 4 is 23.5 Å². The van der Waals surface area contributed by atoms with Gasteiger partial charge in [0.2, 0.25) is 0 Å². The molecule has 0 spiro atoms. The summed E-state index contributed by atoms with van der Waals surface area (Å²) in [6.07, 6.45) is 9.14. The maximum Gasteiger partial charge on any atom is 0.195 e. The van der Waals surface area contributed by atoms with Gasteiger partial charge < -0.3 is 0 Å². The van der Waals surface area contributed by atoms with Crippen molar-refractivity contribution in [3.05, 3.63) is 71.3 Å². The normalized spacial score (nSPS) is 11.3. The topological polar surface area (TPSA) is 61.4 Å². The number of unbranched alkanes of at least 4 members (excludes halogenated alkanes) is 2. The molecule has 0 saturated heterocycles. The Morgan fingerprint density at radius 1 is 0.606 bits per heavy atom. The van der Waals surface area contributed by atoms with Crippen molar-refractivity contribution in [2.75, 3.05) is 12.5 Å². The zero-order chi connectivity index (χ0) is 23.2. The standard InChI is InChI=1S/C25H30N6S2/c1-18-12-8-10-14-20(18)30-22(26-28-24(30)32-3)16-6-5-7-17-23-27-29-25(33-4)31(23)21-15-11-9-13-19(21)2/h8-15H,5-7,16-17H2,1-4H3. The average molecular weight is 479 g/mol. The van der Waals surface area contributed by atoms with Crippen LogP contribution < -0.4 is 0 Å². The van der Waals surface area contributed by atoms with Crippen molar-refractivity contribution in [1.29, 1.82) is 0 Å². The molecule has 0 aliphatic rings. The monoisotopic (exact) mass is 478 g/mol. The predicted molar refractivity (Wildman–Crippen MR) is 137 cm³/mol. The van der Waals surface area contributed by atoms with E-state index in [1.54, 1.807) is 23.5 Å². The Bertz CT molecular complexity index is 1120. The van der Waals surface area contributed by atoms with E-state index in [0.717, 1.165) is 65.4 Å². The van der Waals surface area contributed by atoms with Gasteiger partial charge in [-0.05, 0) is 62.5 Å². The van der Waals surface area contributed by atoms with Crippen molar-refractivity contribution in [2.24, 2.45) is 0 Å². The van der Waals surface area contributed by atoms with Crippen molar-refractivity contribution in [1.82, 2.24) is 29.5 Å². The van der Waals surface area contributed by atoms with Crippen LogP contribution in [0.2, 0.25) is 0 Å². The van der Waals surface area contributed by atoms with Crippen molar-refractivity contribution in [3.63, 3.8) is 0 Å². The highest BCUT2D eigenvalue weighted by Gasteiger charge is 2.16. The molecule has 172 valence electrons. The number of hydrogen-bond donors (Lipinski definition) is 0. The molecule has 0 atom stereocenters. The maximum atomic E-state index is 4.50. The summed E-state index contributed by atoms with van der Waals surface area (Å²) in [6.45, 7) is 4.27. The van der Waals surface area contributed by atoms with Crippen LogP contribution in [0.3, 0.4) is 0 Å². The van der Waals surface area contributed by atoms with E-state index in [1.807, 2.05) is 0 Å². The molecule has 0 unspecified atom stereocenters. The molecule has 0 aliphatic heterocycles. The Hall–Kier alpha value is -2.58. The Kier molecular flexibility index (Phi) is 7.88. The predicted octanol–water partition coefficient (Wildman–Crippen LogP) is 5.86. The molecule has 4 rings (SSSR count). The fraction of sp³-hybridized carbons (Fsp3) is 0.360. The molecular weight excluding hydrogens is 448 g/mol. The van der Waals surface area contributed by atoms with Crippen LogP contribution in [-0.2, 0) is 12.8 Å². The van der Waals surface area contributed by atoms with Gasteiger partial charge in [0, 0.05) is 12.8 Å². The second-order valence-corrected chi connectivity index (χ2v) is 9.56. The van der Waals surface area contributed by atoms with Gasteiger partial charge in [-0.2, -0.15) is 0 Å². The summed E-state index contributed by atoms with van der Waals surface area (Å²) in [6, 6.07) is 16.8. The van der Waals surface area contributed by atoms with Crippen LogP contribution in [-0.4, -0.2) is 42.0 Å². The number of benzene rings is 2. The molecule has 2 heterocycles. The molecule has 0 amide bonds. The third kappa shape index (κ3) is 5.17. The molecule has 6 nitrogen and oxygen atoms in total. The lowest BCUT2D eigenvalue weighted by Crippen LogP contribution is -2.06. The van der Waals surface area contributed by atoms with Gasteiger partial charge in [0.25, 0.3) is 0 Å². The minimum Gasteiger partial charge on any atom is -0.274 e. The number of hydrogen-bond acceptors (Lipinski definition) is 6. The quantitative estimate of drug-likeness (QED) is 0.210. The third-order valence-electron chi connectivity index (χ3n) is 5.78. The molecule has 0 radical (unpaired) electrons. The van der Waals surface area contributed by atoms with Gasteiger partial charge in [-0.3, -0.25) is 9.13 Å². The zero-order valence-corrected chi connectivity index (χ0v) is 21.3. The summed E-state index contributed by atoms with van der Waals surface area (Å²) in [7, 11) is 0. The molecule has 4 aromatic rings. The zero-order valence-electron chi connectivity index (χ0n) is 19.7. The summed E-state index contributed by atoms with van der Waals surface area (Å²) in [5.74, 6) is 2.06. The van der Waals surface area contributed by atoms with Crippen LogP contribution in [0.15, 0.2) is 58.8 Å². The molecule has 0 bridgehead atoms. The maximum absolute atomic E-state index is 4.50. The first-order valence-electron chi connectivity index (χ1n) is 11.2. The Labute approximate surface area is 204 Å². The summed E-state index contributed by atoms with van der Waals surface area (Å²) in [5, 5.41) is 19.7. The second-order valence-electron chi connectivity index (χ2n) is 8.01.